The van der Waals surface area contributed by atoms with Crippen LogP contribution in [-0.2, 0) is 0 Å². The molecule has 2 aliphatic heterocycles. The molecule has 0 saturated carbocycles. The van der Waals surface area contributed by atoms with Crippen molar-refractivity contribution < 1.29 is 9.59 Å². The maximum atomic E-state index is 12.9. The summed E-state index contributed by atoms with van der Waals surface area (Å²) in [5, 5.41) is 2.98. The molecule has 2 aliphatic rings. The molecule has 1 aromatic rings. The molecule has 0 bridgehead atoms. The highest BCUT2D eigenvalue weighted by Crippen LogP contribution is 2.28. The van der Waals surface area contributed by atoms with E-state index in [1.165, 1.54) is 0 Å². The van der Waals surface area contributed by atoms with Crippen molar-refractivity contribution in [3.8, 4) is 0 Å². The lowest BCUT2D eigenvalue weighted by Crippen LogP contribution is -2.47. The third-order valence-corrected chi connectivity index (χ3v) is 5.52. The number of rotatable bonds is 3. The Morgan fingerprint density at radius 2 is 1.81 bits per heavy atom. The molecule has 1 N–H and O–H groups in total. The van der Waals surface area contributed by atoms with E-state index in [-0.39, 0.29) is 23.9 Å². The quantitative estimate of drug-likeness (QED) is 0.886. The zero-order chi connectivity index (χ0) is 19.4. The van der Waals surface area contributed by atoms with Gasteiger partial charge in [-0.2, -0.15) is 0 Å². The van der Waals surface area contributed by atoms with Gasteiger partial charge in [0, 0.05) is 56.8 Å². The summed E-state index contributed by atoms with van der Waals surface area (Å²) in [4.78, 5) is 31.3. The number of hydrogen-bond acceptors (Lipinski definition) is 3. The monoisotopic (exact) mass is 372 g/mol. The van der Waals surface area contributed by atoms with Crippen LogP contribution in [0.4, 0.5) is 4.79 Å². The molecular formula is C21H32N4O2. The molecule has 2 fully saturated rings. The summed E-state index contributed by atoms with van der Waals surface area (Å²) >= 11 is 0. The summed E-state index contributed by atoms with van der Waals surface area (Å²) in [5.41, 5.74) is 1.93. The fourth-order valence-electron chi connectivity index (χ4n) is 3.89. The first-order valence-corrected chi connectivity index (χ1v) is 10.1. The molecule has 6 nitrogen and oxygen atoms in total. The van der Waals surface area contributed by atoms with Gasteiger partial charge >= 0.3 is 6.03 Å². The molecule has 0 aliphatic carbocycles. The van der Waals surface area contributed by atoms with E-state index in [2.05, 4.69) is 23.3 Å². The number of hydrogen-bond donors (Lipinski definition) is 1. The summed E-state index contributed by atoms with van der Waals surface area (Å²) in [6.07, 6.45) is 2.05. The van der Waals surface area contributed by atoms with Crippen LogP contribution < -0.4 is 5.32 Å². The number of piperidine rings is 1. The van der Waals surface area contributed by atoms with Crippen molar-refractivity contribution in [1.29, 1.82) is 0 Å². The minimum Gasteiger partial charge on any atom is -0.336 e. The second-order valence-corrected chi connectivity index (χ2v) is 8.11. The van der Waals surface area contributed by atoms with E-state index in [1.807, 2.05) is 41.8 Å². The molecule has 0 unspecified atom stereocenters. The number of nitrogens with one attached hydrogen (secondary N) is 1. The summed E-state index contributed by atoms with van der Waals surface area (Å²) in [6, 6.07) is 8.17. The number of likely N-dealkylation sites (N-methyl/N-ethyl adjacent to an activating group) is 1. The highest BCUT2D eigenvalue weighted by atomic mass is 16.2. The van der Waals surface area contributed by atoms with Crippen LogP contribution in [0.1, 0.15) is 48.5 Å². The van der Waals surface area contributed by atoms with E-state index in [0.717, 1.165) is 56.7 Å². The highest BCUT2D eigenvalue weighted by molar-refractivity contribution is 5.94. The zero-order valence-electron chi connectivity index (χ0n) is 16.8. The van der Waals surface area contributed by atoms with Gasteiger partial charge < -0.3 is 20.0 Å². The number of benzene rings is 1. The summed E-state index contributed by atoms with van der Waals surface area (Å²) in [7, 11) is 2.09. The molecule has 6 heteroatoms. The molecule has 1 aromatic carbocycles. The van der Waals surface area contributed by atoms with E-state index in [1.54, 1.807) is 0 Å². The Bertz CT molecular complexity index is 668. The van der Waals surface area contributed by atoms with Crippen LogP contribution in [0.25, 0.3) is 0 Å². The van der Waals surface area contributed by atoms with Crippen molar-refractivity contribution in [1.82, 2.24) is 20.0 Å². The predicted octanol–water partition coefficient (Wildman–Crippen LogP) is 2.37. The first-order valence-electron chi connectivity index (χ1n) is 10.1. The average Bonchev–Trinajstić information content (AvgIpc) is 2.68. The molecule has 148 valence electrons. The highest BCUT2D eigenvalue weighted by Gasteiger charge is 2.26. The van der Waals surface area contributed by atoms with Crippen LogP contribution in [0.2, 0.25) is 0 Å². The van der Waals surface area contributed by atoms with Crippen LogP contribution in [0, 0.1) is 0 Å². The van der Waals surface area contributed by atoms with E-state index in [9.17, 15) is 9.59 Å². The Morgan fingerprint density at radius 1 is 1.07 bits per heavy atom. The van der Waals surface area contributed by atoms with Crippen molar-refractivity contribution in [2.45, 2.75) is 38.6 Å². The van der Waals surface area contributed by atoms with Crippen molar-refractivity contribution in [2.75, 3.05) is 46.3 Å². The van der Waals surface area contributed by atoms with E-state index in [0.29, 0.717) is 6.54 Å². The van der Waals surface area contributed by atoms with Crippen LogP contribution >= 0.6 is 0 Å². The number of urea groups is 1. The van der Waals surface area contributed by atoms with Gasteiger partial charge in [0.15, 0.2) is 0 Å². The Balaban J connectivity index is 1.67. The first kappa shape index (κ1) is 19.7. The second kappa shape index (κ2) is 8.74. The lowest BCUT2D eigenvalue weighted by molar-refractivity contribution is 0.0664. The first-order chi connectivity index (χ1) is 12.9. The molecular weight excluding hydrogens is 340 g/mol. The third-order valence-electron chi connectivity index (χ3n) is 5.52. The summed E-state index contributed by atoms with van der Waals surface area (Å²) in [6.45, 7) is 8.89. The van der Waals surface area contributed by atoms with Crippen molar-refractivity contribution in [3.05, 3.63) is 35.4 Å². The topological polar surface area (TPSA) is 55.9 Å². The third kappa shape index (κ3) is 5.01. The molecule has 2 saturated heterocycles. The lowest BCUT2D eigenvalue weighted by Gasteiger charge is -2.34. The predicted molar refractivity (Wildman–Crippen MR) is 107 cm³/mol. The van der Waals surface area contributed by atoms with Crippen LogP contribution in [0.15, 0.2) is 24.3 Å². The number of amides is 3. The molecule has 2 heterocycles. The minimum absolute atomic E-state index is 0.0133. The van der Waals surface area contributed by atoms with Gasteiger partial charge in [-0.1, -0.05) is 12.1 Å². The fraction of sp³-hybridized carbons (Fsp3) is 0.619. The Labute approximate surface area is 162 Å². The van der Waals surface area contributed by atoms with Gasteiger partial charge in [-0.25, -0.2) is 4.79 Å². The SMILES string of the molecule is CC(C)NC(=O)N1CCC[C@H](c2cccc(C(=O)N3CCN(C)CC3)c2)C1. The van der Waals surface area contributed by atoms with Gasteiger partial charge in [0.05, 0.1) is 0 Å². The van der Waals surface area contributed by atoms with E-state index >= 15 is 0 Å². The number of carbonyl (C=O) groups excluding carboxylic acids is 2. The number of nitrogens with zero attached hydrogens (tertiary/aromatic N) is 3. The van der Waals surface area contributed by atoms with Crippen LogP contribution in [-0.4, -0.2) is 79.0 Å². The molecule has 0 spiro atoms. The maximum absolute atomic E-state index is 12.9. The Kier molecular flexibility index (Phi) is 6.37. The molecule has 0 radical (unpaired) electrons. The Hall–Kier alpha value is -2.08. The second-order valence-electron chi connectivity index (χ2n) is 8.11. The van der Waals surface area contributed by atoms with Gasteiger partial charge in [0.2, 0.25) is 0 Å². The molecule has 0 aromatic heterocycles. The molecule has 1 atom stereocenters. The number of carbonyl (C=O) groups is 2. The molecule has 3 amide bonds. The van der Waals surface area contributed by atoms with Crippen molar-refractivity contribution >= 4 is 11.9 Å². The summed E-state index contributed by atoms with van der Waals surface area (Å²) < 4.78 is 0. The van der Waals surface area contributed by atoms with Crippen molar-refractivity contribution in [2.24, 2.45) is 0 Å². The Morgan fingerprint density at radius 3 is 2.52 bits per heavy atom. The standard InChI is InChI=1S/C21H32N4O2/c1-16(2)22-21(27)25-9-5-8-19(15-25)17-6-4-7-18(14-17)20(26)24-12-10-23(3)11-13-24/h4,6-7,14,16,19H,5,8-13,15H2,1-3H3,(H,22,27)/t19-/m0/s1. The number of piperazine rings is 1. The normalized spacial score (nSPS) is 21.4. The van der Waals surface area contributed by atoms with Gasteiger partial charge in [-0.3, -0.25) is 4.79 Å². The van der Waals surface area contributed by atoms with Gasteiger partial charge in [0.25, 0.3) is 5.91 Å². The van der Waals surface area contributed by atoms with Crippen LogP contribution in [0.5, 0.6) is 0 Å². The van der Waals surface area contributed by atoms with Gasteiger partial charge in [-0.05, 0) is 51.4 Å². The fourth-order valence-corrected chi connectivity index (χ4v) is 3.89. The average molecular weight is 373 g/mol. The van der Waals surface area contributed by atoms with Crippen molar-refractivity contribution in [3.63, 3.8) is 0 Å². The molecule has 27 heavy (non-hydrogen) atoms. The lowest BCUT2D eigenvalue weighted by atomic mass is 9.89. The minimum atomic E-state index is 0.0133. The van der Waals surface area contributed by atoms with Gasteiger partial charge in [-0.15, -0.1) is 0 Å². The molecule has 3 rings (SSSR count). The van der Waals surface area contributed by atoms with E-state index < -0.39 is 0 Å². The smallest absolute Gasteiger partial charge is 0.317 e. The van der Waals surface area contributed by atoms with Gasteiger partial charge in [0.1, 0.15) is 0 Å². The van der Waals surface area contributed by atoms with E-state index in [4.69, 9.17) is 0 Å². The largest absolute Gasteiger partial charge is 0.336 e. The summed E-state index contributed by atoms with van der Waals surface area (Å²) in [5.74, 6) is 0.409. The van der Waals surface area contributed by atoms with Crippen LogP contribution in [0.3, 0.4) is 0 Å². The number of likely N-dealkylation sites (tertiary alicyclic amines) is 1. The zero-order valence-corrected chi connectivity index (χ0v) is 16.8. The maximum Gasteiger partial charge on any atom is 0.317 e.